The van der Waals surface area contributed by atoms with Gasteiger partial charge in [0.15, 0.2) is 5.82 Å². The molecule has 1 atom stereocenters. The summed E-state index contributed by atoms with van der Waals surface area (Å²) in [5.41, 5.74) is 3.81. The monoisotopic (exact) mass is 445 g/mol. The molecule has 2 aromatic carbocycles. The minimum Gasteiger partial charge on any atom is -0.507 e. The first kappa shape index (κ1) is 21.1. The highest BCUT2D eigenvalue weighted by Crippen LogP contribution is 2.36. The molecular weight excluding hydrogens is 418 g/mol. The number of aryl methyl sites for hydroxylation is 2. The number of benzene rings is 2. The maximum atomic E-state index is 12.8. The second-order valence-electron chi connectivity index (χ2n) is 8.62. The molecule has 1 saturated heterocycles. The number of nitrogens with one attached hydrogen (secondary N) is 2. The summed E-state index contributed by atoms with van der Waals surface area (Å²) in [6.07, 6.45) is 1.88. The molecule has 0 aliphatic carbocycles. The number of phenols is 1. The highest BCUT2D eigenvalue weighted by molar-refractivity contribution is 6.06. The lowest BCUT2D eigenvalue weighted by Crippen LogP contribution is -2.49. The number of aromatic nitrogens is 4. The van der Waals surface area contributed by atoms with Crippen LogP contribution in [-0.2, 0) is 7.05 Å². The predicted octanol–water partition coefficient (Wildman–Crippen LogP) is 2.36. The molecule has 0 radical (unpaired) electrons. The fourth-order valence-electron chi connectivity index (χ4n) is 4.50. The van der Waals surface area contributed by atoms with E-state index in [0.717, 1.165) is 36.2 Å². The molecule has 3 N–H and O–H groups in total. The lowest BCUT2D eigenvalue weighted by atomic mass is 10.0. The number of piperazine rings is 1. The molecule has 0 saturated carbocycles. The van der Waals surface area contributed by atoms with Crippen LogP contribution in [0.2, 0.25) is 0 Å². The summed E-state index contributed by atoms with van der Waals surface area (Å²) in [5, 5.41) is 23.0. The van der Waals surface area contributed by atoms with E-state index in [1.807, 2.05) is 44.4 Å². The summed E-state index contributed by atoms with van der Waals surface area (Å²) in [6.45, 7) is 6.66. The highest BCUT2D eigenvalue weighted by Gasteiger charge is 2.22. The normalized spacial score (nSPS) is 16.5. The number of anilines is 1. The zero-order valence-corrected chi connectivity index (χ0v) is 19.2. The molecule has 1 amide bonds. The maximum absolute atomic E-state index is 12.8. The SMILES string of the molecule is CNC(=O)c1nc(-c2cc3cn(C)nc3c(C)c2O)nc2ccc(N3CCN[C@H](C)C3)cc12. The average Bonchev–Trinajstić information content (AvgIpc) is 3.20. The molecule has 5 rings (SSSR count). The van der Waals surface area contributed by atoms with E-state index >= 15 is 0 Å². The number of hydrogen-bond donors (Lipinski definition) is 3. The number of carbonyl (C=O) groups is 1. The largest absolute Gasteiger partial charge is 0.507 e. The van der Waals surface area contributed by atoms with Gasteiger partial charge in [0.2, 0.25) is 0 Å². The third-order valence-electron chi connectivity index (χ3n) is 6.22. The third kappa shape index (κ3) is 3.64. The topological polar surface area (TPSA) is 108 Å². The van der Waals surface area contributed by atoms with Crippen molar-refractivity contribution >= 4 is 33.4 Å². The van der Waals surface area contributed by atoms with Crippen molar-refractivity contribution in [2.45, 2.75) is 19.9 Å². The van der Waals surface area contributed by atoms with Gasteiger partial charge in [-0.25, -0.2) is 9.97 Å². The van der Waals surface area contributed by atoms with Gasteiger partial charge in [-0.2, -0.15) is 5.10 Å². The Kier molecular flexibility index (Phi) is 5.13. The van der Waals surface area contributed by atoms with Crippen LogP contribution in [-0.4, -0.2) is 63.5 Å². The Morgan fingerprint density at radius 3 is 2.85 bits per heavy atom. The summed E-state index contributed by atoms with van der Waals surface area (Å²) in [7, 11) is 3.42. The molecule has 33 heavy (non-hydrogen) atoms. The zero-order valence-electron chi connectivity index (χ0n) is 19.2. The van der Waals surface area contributed by atoms with Crippen LogP contribution < -0.4 is 15.5 Å². The standard InChI is InChI=1S/C24H27N7O2/c1-13-11-31(8-7-26-13)16-5-6-19-17(10-16)21(24(33)25-3)28-23(27-19)18-9-15-12-30(4)29-20(15)14(2)22(18)32/h5-6,9-10,12-13,26,32H,7-8,11H2,1-4H3,(H,25,33)/t13-/m1/s1. The second-order valence-corrected chi connectivity index (χ2v) is 8.62. The van der Waals surface area contributed by atoms with Crippen LogP contribution >= 0.6 is 0 Å². The van der Waals surface area contributed by atoms with Crippen molar-refractivity contribution < 1.29 is 9.90 Å². The number of fused-ring (bicyclic) bond motifs is 2. The number of nitrogens with zero attached hydrogens (tertiary/aromatic N) is 5. The first-order valence-corrected chi connectivity index (χ1v) is 11.0. The number of amides is 1. The molecule has 9 nitrogen and oxygen atoms in total. The van der Waals surface area contributed by atoms with Crippen molar-refractivity contribution in [3.05, 3.63) is 41.7 Å². The quantitative estimate of drug-likeness (QED) is 0.444. The first-order valence-electron chi connectivity index (χ1n) is 11.0. The fraction of sp³-hybridized carbons (Fsp3) is 0.333. The van der Waals surface area contributed by atoms with Gasteiger partial charge in [-0.1, -0.05) is 0 Å². The van der Waals surface area contributed by atoms with Crippen LogP contribution in [0.4, 0.5) is 5.69 Å². The summed E-state index contributed by atoms with van der Waals surface area (Å²) < 4.78 is 1.70. The zero-order chi connectivity index (χ0) is 23.3. The molecule has 4 aromatic rings. The summed E-state index contributed by atoms with van der Waals surface area (Å²) in [6, 6.07) is 8.13. The average molecular weight is 446 g/mol. The molecule has 0 bridgehead atoms. The molecule has 0 unspecified atom stereocenters. The molecule has 170 valence electrons. The van der Waals surface area contributed by atoms with E-state index in [-0.39, 0.29) is 17.4 Å². The second kappa shape index (κ2) is 8.00. The van der Waals surface area contributed by atoms with Gasteiger partial charge in [0.05, 0.1) is 16.6 Å². The van der Waals surface area contributed by atoms with Gasteiger partial charge in [0.1, 0.15) is 11.4 Å². The Morgan fingerprint density at radius 1 is 1.27 bits per heavy atom. The van der Waals surface area contributed by atoms with Gasteiger partial charge in [-0.3, -0.25) is 9.48 Å². The number of phenolic OH excluding ortho intramolecular Hbond substituents is 1. The number of carbonyl (C=O) groups excluding carboxylic acids is 1. The summed E-state index contributed by atoms with van der Waals surface area (Å²) in [4.78, 5) is 24.5. The van der Waals surface area contributed by atoms with Crippen LogP contribution in [0.3, 0.4) is 0 Å². The molecule has 9 heteroatoms. The van der Waals surface area contributed by atoms with Crippen LogP contribution in [0, 0.1) is 6.92 Å². The first-order chi connectivity index (χ1) is 15.9. The molecule has 1 fully saturated rings. The van der Waals surface area contributed by atoms with Crippen molar-refractivity contribution in [3.63, 3.8) is 0 Å². The van der Waals surface area contributed by atoms with Gasteiger partial charge >= 0.3 is 0 Å². The van der Waals surface area contributed by atoms with Crippen LogP contribution in [0.1, 0.15) is 23.0 Å². The van der Waals surface area contributed by atoms with E-state index in [9.17, 15) is 9.90 Å². The Morgan fingerprint density at radius 2 is 2.09 bits per heavy atom. The minimum atomic E-state index is -0.298. The van der Waals surface area contributed by atoms with E-state index in [2.05, 4.69) is 32.5 Å². The van der Waals surface area contributed by atoms with Crippen LogP contribution in [0.15, 0.2) is 30.5 Å². The van der Waals surface area contributed by atoms with E-state index in [1.165, 1.54) is 0 Å². The van der Waals surface area contributed by atoms with Gasteiger partial charge in [-0.15, -0.1) is 0 Å². The summed E-state index contributed by atoms with van der Waals surface area (Å²) >= 11 is 0. The molecule has 0 spiro atoms. The van der Waals surface area contributed by atoms with Crippen molar-refractivity contribution in [2.24, 2.45) is 7.05 Å². The molecule has 2 aromatic heterocycles. The smallest absolute Gasteiger partial charge is 0.270 e. The lowest BCUT2D eigenvalue weighted by Gasteiger charge is -2.33. The van der Waals surface area contributed by atoms with Crippen molar-refractivity contribution in [3.8, 4) is 17.1 Å². The van der Waals surface area contributed by atoms with Gasteiger partial charge in [-0.05, 0) is 38.1 Å². The van der Waals surface area contributed by atoms with Gasteiger partial charge < -0.3 is 20.6 Å². The van der Waals surface area contributed by atoms with E-state index in [1.54, 1.807) is 11.7 Å². The molecular formula is C24H27N7O2. The van der Waals surface area contributed by atoms with E-state index in [0.29, 0.717) is 33.9 Å². The Labute approximate surface area is 191 Å². The minimum absolute atomic E-state index is 0.0647. The Balaban J connectivity index is 1.69. The molecule has 1 aliphatic rings. The Bertz CT molecular complexity index is 1400. The number of hydrogen-bond acceptors (Lipinski definition) is 7. The van der Waals surface area contributed by atoms with Crippen molar-refractivity contribution in [1.82, 2.24) is 30.4 Å². The molecule has 3 heterocycles. The Hall–Kier alpha value is -3.72. The van der Waals surface area contributed by atoms with E-state index in [4.69, 9.17) is 4.98 Å². The van der Waals surface area contributed by atoms with Crippen LogP contribution in [0.25, 0.3) is 33.2 Å². The van der Waals surface area contributed by atoms with Gasteiger partial charge in [0.25, 0.3) is 5.91 Å². The lowest BCUT2D eigenvalue weighted by molar-refractivity contribution is 0.0960. The van der Waals surface area contributed by atoms with Crippen LogP contribution in [0.5, 0.6) is 5.75 Å². The fourth-order valence-corrected chi connectivity index (χ4v) is 4.50. The predicted molar refractivity (Wildman–Crippen MR) is 129 cm³/mol. The van der Waals surface area contributed by atoms with Gasteiger partial charge in [0, 0.05) is 68.0 Å². The van der Waals surface area contributed by atoms with Crippen molar-refractivity contribution in [1.29, 1.82) is 0 Å². The summed E-state index contributed by atoms with van der Waals surface area (Å²) in [5.74, 6) is 0.0685. The maximum Gasteiger partial charge on any atom is 0.270 e. The number of rotatable bonds is 3. The van der Waals surface area contributed by atoms with Crippen molar-refractivity contribution in [2.75, 3.05) is 31.6 Å². The highest BCUT2D eigenvalue weighted by atomic mass is 16.3. The third-order valence-corrected chi connectivity index (χ3v) is 6.22. The molecule has 1 aliphatic heterocycles. The van der Waals surface area contributed by atoms with E-state index < -0.39 is 0 Å². The number of aromatic hydroxyl groups is 1.